The van der Waals surface area contributed by atoms with Crippen LogP contribution in [0.2, 0.25) is 0 Å². The van der Waals surface area contributed by atoms with Gasteiger partial charge in [-0.1, -0.05) is 61.4 Å². The Kier molecular flexibility index (Phi) is 9.67. The molecule has 5 heterocycles. The molecule has 2 aliphatic rings. The van der Waals surface area contributed by atoms with Crippen LogP contribution in [0.4, 0.5) is 4.39 Å². The normalized spacial score (nSPS) is 18.7. The van der Waals surface area contributed by atoms with Crippen LogP contribution in [0.1, 0.15) is 69.1 Å². The summed E-state index contributed by atoms with van der Waals surface area (Å²) in [5.74, 6) is 0.753. The second-order valence-electron chi connectivity index (χ2n) is 15.0. The number of benzene rings is 2. The summed E-state index contributed by atoms with van der Waals surface area (Å²) in [7, 11) is -2.15. The molecule has 0 fully saturated rings. The number of halogens is 2. The minimum atomic E-state index is -4.02. The molecule has 0 amide bonds. The Hall–Kier alpha value is -4.50. The summed E-state index contributed by atoms with van der Waals surface area (Å²) in [6, 6.07) is 13.4. The van der Waals surface area contributed by atoms with Crippen LogP contribution in [0.3, 0.4) is 0 Å². The molecular formula is C41H39FIN8O2S2+. The lowest BCUT2D eigenvalue weighted by atomic mass is 9.74. The molecule has 2 aromatic carbocycles. The van der Waals surface area contributed by atoms with Gasteiger partial charge in [0, 0.05) is 70.0 Å². The lowest BCUT2D eigenvalue weighted by Gasteiger charge is -2.27. The maximum absolute atomic E-state index is 16.7. The van der Waals surface area contributed by atoms with Crippen LogP contribution in [0.15, 0.2) is 109 Å². The zero-order chi connectivity index (χ0) is 38.7. The van der Waals surface area contributed by atoms with Crippen molar-refractivity contribution in [1.82, 2.24) is 38.7 Å². The highest BCUT2D eigenvalue weighted by molar-refractivity contribution is 14.1. The molecule has 1 atom stereocenters. The van der Waals surface area contributed by atoms with Crippen LogP contribution in [-0.2, 0) is 34.4 Å². The van der Waals surface area contributed by atoms with Gasteiger partial charge < -0.3 is 0 Å². The number of hydrogen-bond donors (Lipinski definition) is 0. The Morgan fingerprint density at radius 3 is 2.60 bits per heavy atom. The molecule has 55 heavy (non-hydrogen) atoms. The largest absolute Gasteiger partial charge is 0.268 e. The second-order valence-corrected chi connectivity index (χ2v) is 19.1. The van der Waals surface area contributed by atoms with Crippen LogP contribution >= 0.6 is 34.4 Å². The molecule has 6 bridgehead atoms. The van der Waals surface area contributed by atoms with Gasteiger partial charge in [0.15, 0.2) is 15.2 Å². The number of aryl methyl sites for hydroxylation is 2. The SMILES string of the molecule is Cc1ccc(S(=O)(=O)n2ccc3c4c(c(F)cc32)Sc2ccnc(c2)-c2nc(nn2C)[C@@](C)(C2=CC(I)=[C+]C=C2)CCCCC(C)(C)c2cn(nn2)C4)cc1. The third-order valence-corrected chi connectivity index (χ3v) is 14.1. The molecule has 0 unspecified atom stereocenters. The molecule has 8 rings (SSSR count). The molecule has 0 spiro atoms. The van der Waals surface area contributed by atoms with E-state index < -0.39 is 21.3 Å². The molecule has 14 heteroatoms. The summed E-state index contributed by atoms with van der Waals surface area (Å²) >= 11 is 3.55. The van der Waals surface area contributed by atoms with E-state index in [9.17, 15) is 8.42 Å². The summed E-state index contributed by atoms with van der Waals surface area (Å²) in [4.78, 5) is 11.0. The molecule has 0 radical (unpaired) electrons. The van der Waals surface area contributed by atoms with Gasteiger partial charge in [-0.25, -0.2) is 31.1 Å². The Bertz CT molecular complexity index is 2670. The smallest absolute Gasteiger partial charge is 0.253 e. The van der Waals surface area contributed by atoms with E-state index in [-0.39, 0.29) is 22.4 Å². The average molecular weight is 886 g/mol. The first kappa shape index (κ1) is 37.4. The zero-order valence-corrected chi connectivity index (χ0v) is 34.9. The van der Waals surface area contributed by atoms with Gasteiger partial charge in [-0.3, -0.25) is 4.98 Å². The van der Waals surface area contributed by atoms with Gasteiger partial charge in [-0.05, 0) is 62.6 Å². The van der Waals surface area contributed by atoms with Crippen molar-refractivity contribution in [3.63, 3.8) is 0 Å². The van der Waals surface area contributed by atoms with Crippen molar-refractivity contribution in [1.29, 1.82) is 0 Å². The minimum absolute atomic E-state index is 0.122. The first-order valence-corrected chi connectivity index (χ1v) is 21.4. The highest BCUT2D eigenvalue weighted by Gasteiger charge is 2.39. The minimum Gasteiger partial charge on any atom is -0.253 e. The maximum atomic E-state index is 16.7. The molecule has 0 N–H and O–H groups in total. The topological polar surface area (TPSA) is 113 Å². The Balaban J connectivity index is 1.28. The third-order valence-electron chi connectivity index (χ3n) is 10.7. The van der Waals surface area contributed by atoms with E-state index in [0.29, 0.717) is 33.2 Å². The first-order chi connectivity index (χ1) is 26.2. The number of fused-ring (bicyclic) bond motifs is 10. The van der Waals surface area contributed by atoms with Crippen LogP contribution < -0.4 is 0 Å². The van der Waals surface area contributed by atoms with Gasteiger partial charge in [-0.2, -0.15) is 5.10 Å². The predicted molar refractivity (Wildman–Crippen MR) is 220 cm³/mol. The quantitative estimate of drug-likeness (QED) is 0.128. The molecule has 280 valence electrons. The van der Waals surface area contributed by atoms with Crippen molar-refractivity contribution in [3.8, 4) is 11.5 Å². The summed E-state index contributed by atoms with van der Waals surface area (Å²) in [5, 5.41) is 14.7. The Morgan fingerprint density at radius 1 is 1.04 bits per heavy atom. The van der Waals surface area contributed by atoms with E-state index in [1.165, 1.54) is 24.0 Å². The maximum Gasteiger partial charge on any atom is 0.268 e. The van der Waals surface area contributed by atoms with Crippen LogP contribution in [0.5, 0.6) is 0 Å². The van der Waals surface area contributed by atoms with E-state index >= 15 is 4.39 Å². The van der Waals surface area contributed by atoms with Gasteiger partial charge in [0.05, 0.1) is 56.8 Å². The summed E-state index contributed by atoms with van der Waals surface area (Å²) in [6.07, 6.45) is 18.1. The van der Waals surface area contributed by atoms with Crippen molar-refractivity contribution in [2.24, 2.45) is 7.05 Å². The lowest BCUT2D eigenvalue weighted by molar-refractivity contribution is 0.401. The summed E-state index contributed by atoms with van der Waals surface area (Å²) in [6.45, 7) is 8.61. The average Bonchev–Trinajstić information content (AvgIpc) is 3.91. The number of pyridine rings is 1. The summed E-state index contributed by atoms with van der Waals surface area (Å²) in [5.41, 5.74) is 3.55. The molecule has 0 saturated carbocycles. The fraction of sp³-hybridized carbons (Fsp3) is 0.293. The number of aromatic nitrogens is 8. The Morgan fingerprint density at radius 2 is 1.82 bits per heavy atom. The van der Waals surface area contributed by atoms with E-state index in [2.05, 4.69) is 76.9 Å². The Labute approximate surface area is 337 Å². The standard InChI is InChI=1S/C41H39FIN8O2S2/c1-26-11-13-30(14-12-26)55(52,53)51-20-16-31-32-24-50-25-36(46-48-50)40(2,3)17-6-7-18-41(4,27-9-8-10-28(43)21-27)39-45-38(49(5)47-39)34-22-29(15-19-44-34)54-37(32)33(42)23-35(31)51/h8-9,11-16,19-23,25H,6-7,17-18,24H2,1-5H3/q+1/t41-/m1/s1. The van der Waals surface area contributed by atoms with Crippen LogP contribution in [0.25, 0.3) is 22.4 Å². The number of nitrogens with zero attached hydrogens (tertiary/aromatic N) is 8. The predicted octanol–water partition coefficient (Wildman–Crippen LogP) is 9.03. The van der Waals surface area contributed by atoms with Crippen molar-refractivity contribution < 1.29 is 12.8 Å². The fourth-order valence-electron chi connectivity index (χ4n) is 7.32. The molecule has 6 aromatic rings. The molecule has 1 aliphatic heterocycles. The van der Waals surface area contributed by atoms with Crippen LogP contribution in [0, 0.1) is 18.8 Å². The van der Waals surface area contributed by atoms with E-state index in [0.717, 1.165) is 55.0 Å². The number of hydrogen-bond acceptors (Lipinski definition) is 8. The van der Waals surface area contributed by atoms with Gasteiger partial charge in [0.25, 0.3) is 10.0 Å². The van der Waals surface area contributed by atoms with E-state index in [4.69, 9.17) is 10.1 Å². The van der Waals surface area contributed by atoms with Crippen molar-refractivity contribution in [3.05, 3.63) is 129 Å². The van der Waals surface area contributed by atoms with Crippen molar-refractivity contribution in [2.45, 2.75) is 85.4 Å². The fourth-order valence-corrected chi connectivity index (χ4v) is 10.2. The first-order valence-electron chi connectivity index (χ1n) is 18.0. The van der Waals surface area contributed by atoms with Gasteiger partial charge in [0.1, 0.15) is 17.6 Å². The highest BCUT2D eigenvalue weighted by atomic mass is 127. The zero-order valence-electron chi connectivity index (χ0n) is 31.1. The van der Waals surface area contributed by atoms with E-state index in [1.807, 2.05) is 38.4 Å². The second kappa shape index (κ2) is 14.2. The van der Waals surface area contributed by atoms with Gasteiger partial charge in [-0.15, -0.1) is 5.10 Å². The lowest BCUT2D eigenvalue weighted by Crippen LogP contribution is -2.27. The molecular weight excluding hydrogens is 847 g/mol. The third kappa shape index (κ3) is 6.98. The van der Waals surface area contributed by atoms with Crippen LogP contribution in [-0.4, -0.2) is 47.1 Å². The van der Waals surface area contributed by atoms with Crippen molar-refractivity contribution in [2.75, 3.05) is 0 Å². The van der Waals surface area contributed by atoms with Crippen molar-refractivity contribution >= 4 is 55.3 Å². The number of allylic oxidation sites excluding steroid dienone is 6. The highest BCUT2D eigenvalue weighted by Crippen LogP contribution is 2.42. The monoisotopic (exact) mass is 885 g/mol. The van der Waals surface area contributed by atoms with Gasteiger partial charge >= 0.3 is 0 Å². The summed E-state index contributed by atoms with van der Waals surface area (Å²) < 4.78 is 50.1. The molecule has 4 aromatic heterocycles. The molecule has 1 aliphatic carbocycles. The molecule has 0 saturated heterocycles. The number of rotatable bonds is 3. The van der Waals surface area contributed by atoms with E-state index in [1.54, 1.807) is 45.9 Å². The molecule has 10 nitrogen and oxygen atoms in total. The van der Waals surface area contributed by atoms with Gasteiger partial charge in [0.2, 0.25) is 0 Å².